The SMILES string of the molecule is Cc1ccccc1-c1ccnc(N)c1Br. The second-order valence-electron chi connectivity index (χ2n) is 3.37. The zero-order valence-corrected chi connectivity index (χ0v) is 9.95. The molecule has 0 atom stereocenters. The van der Waals surface area contributed by atoms with E-state index in [1.165, 1.54) is 11.1 Å². The molecule has 1 aromatic heterocycles. The van der Waals surface area contributed by atoms with Gasteiger partial charge in [-0.25, -0.2) is 4.98 Å². The van der Waals surface area contributed by atoms with Gasteiger partial charge in [-0.1, -0.05) is 24.3 Å². The Morgan fingerprint density at radius 1 is 1.13 bits per heavy atom. The summed E-state index contributed by atoms with van der Waals surface area (Å²) in [5.41, 5.74) is 9.24. The van der Waals surface area contributed by atoms with Crippen LogP contribution in [0, 0.1) is 6.92 Å². The van der Waals surface area contributed by atoms with E-state index in [0.717, 1.165) is 10.0 Å². The Labute approximate surface area is 97.3 Å². The van der Waals surface area contributed by atoms with Gasteiger partial charge in [-0.15, -0.1) is 0 Å². The van der Waals surface area contributed by atoms with Gasteiger partial charge in [0.15, 0.2) is 0 Å². The highest BCUT2D eigenvalue weighted by Crippen LogP contribution is 2.32. The number of rotatable bonds is 1. The predicted molar refractivity (Wildman–Crippen MR) is 66.5 cm³/mol. The highest BCUT2D eigenvalue weighted by Gasteiger charge is 2.07. The fourth-order valence-corrected chi connectivity index (χ4v) is 1.99. The molecule has 2 N–H and O–H groups in total. The molecule has 0 spiro atoms. The maximum atomic E-state index is 5.75. The summed E-state index contributed by atoms with van der Waals surface area (Å²) in [5, 5.41) is 0. The standard InChI is InChI=1S/C12H11BrN2/c1-8-4-2-3-5-9(8)10-6-7-15-12(14)11(10)13/h2-7H,1H3,(H2,14,15). The molecule has 0 bridgehead atoms. The molecule has 0 aliphatic heterocycles. The summed E-state index contributed by atoms with van der Waals surface area (Å²) in [7, 11) is 0. The third kappa shape index (κ3) is 1.88. The zero-order chi connectivity index (χ0) is 10.8. The maximum absolute atomic E-state index is 5.75. The van der Waals surface area contributed by atoms with Crippen LogP contribution in [-0.4, -0.2) is 4.98 Å². The fourth-order valence-electron chi connectivity index (χ4n) is 1.54. The number of benzene rings is 1. The third-order valence-corrected chi connectivity index (χ3v) is 3.18. The summed E-state index contributed by atoms with van der Waals surface area (Å²) in [5.74, 6) is 0.524. The van der Waals surface area contributed by atoms with Gasteiger partial charge < -0.3 is 5.73 Å². The molecular formula is C12H11BrN2. The minimum absolute atomic E-state index is 0.524. The van der Waals surface area contributed by atoms with Gasteiger partial charge in [0.05, 0.1) is 4.47 Å². The number of aryl methyl sites for hydroxylation is 1. The third-order valence-electron chi connectivity index (χ3n) is 2.35. The van der Waals surface area contributed by atoms with Crippen molar-refractivity contribution in [2.45, 2.75) is 6.92 Å². The van der Waals surface area contributed by atoms with Gasteiger partial charge in [0, 0.05) is 11.8 Å². The van der Waals surface area contributed by atoms with E-state index in [2.05, 4.69) is 40.0 Å². The largest absolute Gasteiger partial charge is 0.383 e. The molecule has 1 aromatic carbocycles. The summed E-state index contributed by atoms with van der Waals surface area (Å²) in [6, 6.07) is 10.2. The van der Waals surface area contributed by atoms with Crippen molar-refractivity contribution in [3.8, 4) is 11.1 Å². The average molecular weight is 263 g/mol. The molecule has 0 aliphatic carbocycles. The minimum atomic E-state index is 0.524. The first kappa shape index (κ1) is 10.2. The van der Waals surface area contributed by atoms with E-state index in [1.807, 2.05) is 18.2 Å². The van der Waals surface area contributed by atoms with Gasteiger partial charge in [0.1, 0.15) is 5.82 Å². The Balaban J connectivity index is 2.65. The highest BCUT2D eigenvalue weighted by molar-refractivity contribution is 9.10. The summed E-state index contributed by atoms with van der Waals surface area (Å²) >= 11 is 3.46. The molecule has 0 radical (unpaired) electrons. The van der Waals surface area contributed by atoms with Crippen molar-refractivity contribution in [3.63, 3.8) is 0 Å². The predicted octanol–water partition coefficient (Wildman–Crippen LogP) is 3.40. The Bertz CT molecular complexity index is 495. The summed E-state index contributed by atoms with van der Waals surface area (Å²) in [4.78, 5) is 4.03. The molecule has 2 aromatic rings. The van der Waals surface area contributed by atoms with Gasteiger partial charge in [0.2, 0.25) is 0 Å². The molecule has 0 unspecified atom stereocenters. The lowest BCUT2D eigenvalue weighted by atomic mass is 10.0. The number of halogens is 1. The monoisotopic (exact) mass is 262 g/mol. The summed E-state index contributed by atoms with van der Waals surface area (Å²) in [6.45, 7) is 2.08. The lowest BCUT2D eigenvalue weighted by Crippen LogP contribution is -1.93. The van der Waals surface area contributed by atoms with Crippen LogP contribution in [0.15, 0.2) is 41.0 Å². The number of nitrogens with two attached hydrogens (primary N) is 1. The number of nitrogen functional groups attached to an aromatic ring is 1. The molecule has 15 heavy (non-hydrogen) atoms. The topological polar surface area (TPSA) is 38.9 Å². The molecule has 0 saturated heterocycles. The average Bonchev–Trinajstić information content (AvgIpc) is 2.23. The molecule has 0 saturated carbocycles. The van der Waals surface area contributed by atoms with E-state index in [4.69, 9.17) is 5.73 Å². The van der Waals surface area contributed by atoms with E-state index in [-0.39, 0.29) is 0 Å². The van der Waals surface area contributed by atoms with Crippen molar-refractivity contribution in [3.05, 3.63) is 46.6 Å². The number of anilines is 1. The van der Waals surface area contributed by atoms with Gasteiger partial charge >= 0.3 is 0 Å². The number of hydrogen-bond acceptors (Lipinski definition) is 2. The first-order chi connectivity index (χ1) is 7.20. The molecule has 3 heteroatoms. The Morgan fingerprint density at radius 3 is 2.60 bits per heavy atom. The second-order valence-corrected chi connectivity index (χ2v) is 4.17. The van der Waals surface area contributed by atoms with Crippen molar-refractivity contribution in [1.29, 1.82) is 0 Å². The van der Waals surface area contributed by atoms with Crippen LogP contribution < -0.4 is 5.73 Å². The molecule has 2 rings (SSSR count). The Hall–Kier alpha value is -1.35. The van der Waals surface area contributed by atoms with Gasteiger partial charge in [0.25, 0.3) is 0 Å². The van der Waals surface area contributed by atoms with E-state index in [0.29, 0.717) is 5.82 Å². The van der Waals surface area contributed by atoms with Crippen molar-refractivity contribution >= 4 is 21.7 Å². The van der Waals surface area contributed by atoms with Crippen molar-refractivity contribution < 1.29 is 0 Å². The first-order valence-corrected chi connectivity index (χ1v) is 5.45. The minimum Gasteiger partial charge on any atom is -0.383 e. The molecule has 2 nitrogen and oxygen atoms in total. The van der Waals surface area contributed by atoms with Gasteiger partial charge in [-0.2, -0.15) is 0 Å². The van der Waals surface area contributed by atoms with E-state index in [9.17, 15) is 0 Å². The molecule has 76 valence electrons. The molecule has 0 fully saturated rings. The van der Waals surface area contributed by atoms with Crippen LogP contribution in [0.2, 0.25) is 0 Å². The smallest absolute Gasteiger partial charge is 0.138 e. The fraction of sp³-hybridized carbons (Fsp3) is 0.0833. The van der Waals surface area contributed by atoms with E-state index in [1.54, 1.807) is 6.20 Å². The van der Waals surface area contributed by atoms with Crippen molar-refractivity contribution in [2.75, 3.05) is 5.73 Å². The number of aromatic nitrogens is 1. The second kappa shape index (κ2) is 4.03. The Kier molecular flexibility index (Phi) is 2.73. The zero-order valence-electron chi connectivity index (χ0n) is 8.37. The first-order valence-electron chi connectivity index (χ1n) is 4.66. The van der Waals surface area contributed by atoms with Crippen LogP contribution in [0.5, 0.6) is 0 Å². The highest BCUT2D eigenvalue weighted by atomic mass is 79.9. The molecular weight excluding hydrogens is 252 g/mol. The van der Waals surface area contributed by atoms with Crippen molar-refractivity contribution in [1.82, 2.24) is 4.98 Å². The molecule has 0 amide bonds. The van der Waals surface area contributed by atoms with Crippen LogP contribution in [0.1, 0.15) is 5.56 Å². The lowest BCUT2D eigenvalue weighted by molar-refractivity contribution is 1.31. The van der Waals surface area contributed by atoms with E-state index < -0.39 is 0 Å². The number of hydrogen-bond donors (Lipinski definition) is 1. The van der Waals surface area contributed by atoms with Crippen LogP contribution in [0.3, 0.4) is 0 Å². The molecule has 0 aliphatic rings. The maximum Gasteiger partial charge on any atom is 0.138 e. The normalized spacial score (nSPS) is 10.3. The van der Waals surface area contributed by atoms with Crippen LogP contribution in [0.25, 0.3) is 11.1 Å². The van der Waals surface area contributed by atoms with Gasteiger partial charge in [-0.3, -0.25) is 0 Å². The number of nitrogens with zero attached hydrogens (tertiary/aromatic N) is 1. The summed E-state index contributed by atoms with van der Waals surface area (Å²) in [6.07, 6.45) is 1.72. The van der Waals surface area contributed by atoms with Gasteiger partial charge in [-0.05, 0) is 40.0 Å². The summed E-state index contributed by atoms with van der Waals surface area (Å²) < 4.78 is 0.860. The van der Waals surface area contributed by atoms with Crippen LogP contribution >= 0.6 is 15.9 Å². The van der Waals surface area contributed by atoms with Crippen LogP contribution in [-0.2, 0) is 0 Å². The molecule has 1 heterocycles. The number of pyridine rings is 1. The Morgan fingerprint density at radius 2 is 1.87 bits per heavy atom. The lowest BCUT2D eigenvalue weighted by Gasteiger charge is -2.08. The van der Waals surface area contributed by atoms with E-state index >= 15 is 0 Å². The van der Waals surface area contributed by atoms with Crippen molar-refractivity contribution in [2.24, 2.45) is 0 Å². The quantitative estimate of drug-likeness (QED) is 0.856. The van der Waals surface area contributed by atoms with Crippen LogP contribution in [0.4, 0.5) is 5.82 Å².